The minimum absolute atomic E-state index is 0.217. The van der Waals surface area contributed by atoms with E-state index in [0.29, 0.717) is 6.42 Å². The molecule has 0 aliphatic rings. The lowest BCUT2D eigenvalue weighted by atomic mass is 9.98. The van der Waals surface area contributed by atoms with E-state index in [1.807, 2.05) is 6.92 Å². The maximum Gasteiger partial charge on any atom is 0.408 e. The van der Waals surface area contributed by atoms with Crippen LogP contribution >= 0.6 is 0 Å². The Hall–Kier alpha value is -2.85. The fourth-order valence-electron chi connectivity index (χ4n) is 2.29. The topological polar surface area (TPSA) is 152 Å². The van der Waals surface area contributed by atoms with Crippen LogP contribution in [0.15, 0.2) is 0 Å². The van der Waals surface area contributed by atoms with Gasteiger partial charge in [-0.2, -0.15) is 0 Å². The van der Waals surface area contributed by atoms with Crippen LogP contribution in [0.3, 0.4) is 0 Å². The molecule has 0 rings (SSSR count). The molecule has 4 amide bonds. The molecule has 11 nitrogen and oxygen atoms in total. The molecule has 0 aromatic rings. The van der Waals surface area contributed by atoms with Crippen molar-refractivity contribution in [1.29, 1.82) is 0 Å². The van der Waals surface area contributed by atoms with E-state index in [-0.39, 0.29) is 12.5 Å². The summed E-state index contributed by atoms with van der Waals surface area (Å²) >= 11 is 0. The fourth-order valence-corrected chi connectivity index (χ4v) is 2.29. The second-order valence-electron chi connectivity index (χ2n) is 8.26. The first-order chi connectivity index (χ1) is 14.2. The van der Waals surface area contributed by atoms with E-state index in [1.54, 1.807) is 27.7 Å². The smallest absolute Gasteiger partial charge is 0.408 e. The maximum atomic E-state index is 12.7. The molecule has 0 bridgehead atoms. The largest absolute Gasteiger partial charge is 0.468 e. The molecule has 4 N–H and O–H groups in total. The highest BCUT2D eigenvalue weighted by atomic mass is 16.6. The van der Waals surface area contributed by atoms with Gasteiger partial charge in [-0.15, -0.1) is 0 Å². The Bertz CT molecular complexity index is 660. The summed E-state index contributed by atoms with van der Waals surface area (Å²) in [6.45, 7) is 11.3. The van der Waals surface area contributed by atoms with Gasteiger partial charge in [0.15, 0.2) is 0 Å². The number of amides is 4. The van der Waals surface area contributed by atoms with Crippen molar-refractivity contribution in [1.82, 2.24) is 21.3 Å². The molecule has 0 unspecified atom stereocenters. The number of alkyl carbamates (subject to hydrolysis) is 1. The molecule has 4 atom stereocenters. The number of ether oxygens (including phenoxy) is 2. The predicted octanol–water partition coefficient (Wildman–Crippen LogP) is 0.224. The van der Waals surface area contributed by atoms with Crippen molar-refractivity contribution < 1.29 is 33.4 Å². The summed E-state index contributed by atoms with van der Waals surface area (Å²) in [5.41, 5.74) is -0.724. The van der Waals surface area contributed by atoms with Gasteiger partial charge in [0.05, 0.1) is 7.11 Å². The molecule has 0 saturated heterocycles. The third-order valence-corrected chi connectivity index (χ3v) is 4.31. The van der Waals surface area contributed by atoms with E-state index in [4.69, 9.17) is 4.74 Å². The minimum atomic E-state index is -0.977. The number of hydrogen-bond donors (Lipinski definition) is 4. The van der Waals surface area contributed by atoms with Crippen LogP contribution in [0.2, 0.25) is 0 Å². The average Bonchev–Trinajstić information content (AvgIpc) is 2.67. The van der Waals surface area contributed by atoms with Crippen molar-refractivity contribution in [2.45, 2.75) is 78.6 Å². The third-order valence-electron chi connectivity index (χ3n) is 4.31. The normalized spacial score (nSPS) is 14.8. The highest BCUT2D eigenvalue weighted by molar-refractivity contribution is 5.94. The van der Waals surface area contributed by atoms with Gasteiger partial charge in [0.25, 0.3) is 0 Å². The van der Waals surface area contributed by atoms with E-state index >= 15 is 0 Å². The Morgan fingerprint density at radius 2 is 1.35 bits per heavy atom. The predicted molar refractivity (Wildman–Crippen MR) is 113 cm³/mol. The van der Waals surface area contributed by atoms with Crippen molar-refractivity contribution >= 4 is 29.8 Å². The highest BCUT2D eigenvalue weighted by Gasteiger charge is 2.30. The van der Waals surface area contributed by atoms with Crippen molar-refractivity contribution in [3.63, 3.8) is 0 Å². The minimum Gasteiger partial charge on any atom is -0.468 e. The maximum absolute atomic E-state index is 12.7. The molecule has 0 aliphatic carbocycles. The van der Waals surface area contributed by atoms with Crippen LogP contribution in [0, 0.1) is 5.92 Å². The van der Waals surface area contributed by atoms with Crippen LogP contribution in [0.4, 0.5) is 4.79 Å². The van der Waals surface area contributed by atoms with E-state index in [0.717, 1.165) is 0 Å². The lowest BCUT2D eigenvalue weighted by Gasteiger charge is -2.27. The molecule has 31 heavy (non-hydrogen) atoms. The molecular weight excluding hydrogens is 408 g/mol. The van der Waals surface area contributed by atoms with Gasteiger partial charge >= 0.3 is 12.1 Å². The number of carbonyl (C=O) groups excluding carboxylic acids is 5. The summed E-state index contributed by atoms with van der Waals surface area (Å²) in [5, 5.41) is 9.86. The van der Waals surface area contributed by atoms with E-state index < -0.39 is 53.5 Å². The van der Waals surface area contributed by atoms with Crippen molar-refractivity contribution in [3.05, 3.63) is 0 Å². The van der Waals surface area contributed by atoms with Crippen molar-refractivity contribution in [2.24, 2.45) is 5.92 Å². The third kappa shape index (κ3) is 11.2. The van der Waals surface area contributed by atoms with E-state index in [2.05, 4.69) is 26.0 Å². The molecule has 0 radical (unpaired) electrons. The zero-order valence-corrected chi connectivity index (χ0v) is 19.6. The first-order valence-electron chi connectivity index (χ1n) is 10.2. The van der Waals surface area contributed by atoms with Gasteiger partial charge in [-0.25, -0.2) is 4.79 Å². The van der Waals surface area contributed by atoms with Gasteiger partial charge in [0, 0.05) is 0 Å². The Morgan fingerprint density at radius 3 is 1.84 bits per heavy atom. The lowest BCUT2D eigenvalue weighted by Crippen LogP contribution is -2.57. The summed E-state index contributed by atoms with van der Waals surface area (Å²) < 4.78 is 9.63. The van der Waals surface area contributed by atoms with E-state index in [1.165, 1.54) is 21.0 Å². The van der Waals surface area contributed by atoms with Crippen molar-refractivity contribution in [3.8, 4) is 0 Å². The molecule has 0 heterocycles. The van der Waals surface area contributed by atoms with Crippen LogP contribution < -0.4 is 21.3 Å². The number of nitrogens with one attached hydrogen (secondary N) is 4. The van der Waals surface area contributed by atoms with Gasteiger partial charge in [-0.3, -0.25) is 19.2 Å². The van der Waals surface area contributed by atoms with Crippen LogP contribution in [0.25, 0.3) is 0 Å². The van der Waals surface area contributed by atoms with Gasteiger partial charge < -0.3 is 30.7 Å². The summed E-state index contributed by atoms with van der Waals surface area (Å²) in [7, 11) is 1.19. The monoisotopic (exact) mass is 444 g/mol. The summed E-state index contributed by atoms with van der Waals surface area (Å²) in [6.07, 6.45) is -0.132. The van der Waals surface area contributed by atoms with Gasteiger partial charge in [0.1, 0.15) is 30.3 Å². The number of carbonyl (C=O) groups is 5. The van der Waals surface area contributed by atoms with Crippen molar-refractivity contribution in [2.75, 3.05) is 13.7 Å². The van der Waals surface area contributed by atoms with Crippen LogP contribution in [0.1, 0.15) is 54.9 Å². The second-order valence-corrected chi connectivity index (χ2v) is 8.26. The Morgan fingerprint density at radius 1 is 0.839 bits per heavy atom. The molecular formula is C20H36N4O7. The summed E-state index contributed by atoms with van der Waals surface area (Å²) in [4.78, 5) is 60.2. The quantitative estimate of drug-likeness (QED) is 0.352. The molecule has 0 saturated carbocycles. The Labute approximate surface area is 183 Å². The van der Waals surface area contributed by atoms with Gasteiger partial charge in [-0.1, -0.05) is 20.3 Å². The molecule has 0 aromatic carbocycles. The second kappa shape index (κ2) is 12.8. The van der Waals surface area contributed by atoms with E-state index in [9.17, 15) is 24.0 Å². The van der Waals surface area contributed by atoms with Crippen LogP contribution in [0.5, 0.6) is 0 Å². The SMILES string of the molecule is CC[C@H](C)[C@H](NC(=O)OC(C)(C)C)C(=O)N[C@@H](C)C(=O)N[C@@H](C)C(=O)NCC(=O)OC. The number of hydrogen-bond acceptors (Lipinski definition) is 7. The standard InChI is InChI=1S/C20H36N4O7/c1-9-11(2)15(24-19(29)31-20(5,6)7)18(28)23-13(4)17(27)22-12(3)16(26)21-10-14(25)30-8/h11-13,15H,9-10H2,1-8H3,(H,21,26)(H,22,27)(H,23,28)(H,24,29)/t11-,12-,13-,15-/m0/s1. The lowest BCUT2D eigenvalue weighted by molar-refractivity contribution is -0.141. The first kappa shape index (κ1) is 28.1. The number of rotatable bonds is 10. The van der Waals surface area contributed by atoms with Gasteiger partial charge in [0.2, 0.25) is 17.7 Å². The fraction of sp³-hybridized carbons (Fsp3) is 0.750. The highest BCUT2D eigenvalue weighted by Crippen LogP contribution is 2.11. The first-order valence-corrected chi connectivity index (χ1v) is 10.2. The zero-order chi connectivity index (χ0) is 24.4. The Kier molecular flexibility index (Phi) is 11.6. The van der Waals surface area contributed by atoms with Gasteiger partial charge in [-0.05, 0) is 40.5 Å². The van der Waals surface area contributed by atoms with Crippen LogP contribution in [-0.4, -0.2) is 67.2 Å². The average molecular weight is 445 g/mol. The molecule has 0 aliphatic heterocycles. The molecule has 178 valence electrons. The molecule has 0 aromatic heterocycles. The molecule has 0 fully saturated rings. The zero-order valence-electron chi connectivity index (χ0n) is 19.6. The summed E-state index contributed by atoms with van der Waals surface area (Å²) in [5.74, 6) is -2.58. The summed E-state index contributed by atoms with van der Waals surface area (Å²) in [6, 6.07) is -2.83. The number of esters is 1. The Balaban J connectivity index is 4.90. The number of methoxy groups -OCH3 is 1. The molecule has 11 heteroatoms. The van der Waals surface area contributed by atoms with Crippen LogP contribution in [-0.2, 0) is 28.7 Å². The molecule has 0 spiro atoms.